The minimum Gasteiger partial charge on any atom is -0.347 e. The van der Waals surface area contributed by atoms with Crippen LogP contribution >= 0.6 is 12.2 Å². The lowest BCUT2D eigenvalue weighted by molar-refractivity contribution is 0.802. The minimum atomic E-state index is 0.749. The summed E-state index contributed by atoms with van der Waals surface area (Å²) in [6, 6.07) is 0. The second-order valence-electron chi connectivity index (χ2n) is 3.20. The predicted octanol–water partition coefficient (Wildman–Crippen LogP) is 2.96. The quantitative estimate of drug-likeness (QED) is 0.753. The van der Waals surface area contributed by atoms with Gasteiger partial charge in [-0.25, -0.2) is 4.98 Å². The SMILES string of the molecule is CCCc1nc(=S)c(C)c(CC)[nH]1. The molecule has 0 aliphatic rings. The molecule has 0 aliphatic heterocycles. The fraction of sp³-hybridized carbons (Fsp3) is 0.600. The Hall–Kier alpha value is -0.700. The average molecular weight is 196 g/mol. The molecule has 0 aliphatic carbocycles. The van der Waals surface area contributed by atoms with Crippen molar-refractivity contribution in [1.29, 1.82) is 0 Å². The van der Waals surface area contributed by atoms with Gasteiger partial charge >= 0.3 is 0 Å². The highest BCUT2D eigenvalue weighted by molar-refractivity contribution is 7.71. The highest BCUT2D eigenvalue weighted by atomic mass is 32.1. The summed E-state index contributed by atoms with van der Waals surface area (Å²) in [5.74, 6) is 1.02. The van der Waals surface area contributed by atoms with E-state index in [2.05, 4.69) is 23.8 Å². The third-order valence-electron chi connectivity index (χ3n) is 2.15. The van der Waals surface area contributed by atoms with Crippen molar-refractivity contribution < 1.29 is 0 Å². The second-order valence-corrected chi connectivity index (χ2v) is 3.58. The van der Waals surface area contributed by atoms with Crippen molar-refractivity contribution in [2.75, 3.05) is 0 Å². The summed E-state index contributed by atoms with van der Waals surface area (Å²) >= 11 is 5.18. The molecule has 0 radical (unpaired) electrons. The molecule has 1 aromatic rings. The van der Waals surface area contributed by atoms with E-state index in [1.165, 1.54) is 5.69 Å². The first kappa shape index (κ1) is 10.4. The Morgan fingerprint density at radius 2 is 2.08 bits per heavy atom. The van der Waals surface area contributed by atoms with Crippen LogP contribution in [0.1, 0.15) is 37.4 Å². The molecule has 1 N–H and O–H groups in total. The van der Waals surface area contributed by atoms with Crippen LogP contribution in [0.25, 0.3) is 0 Å². The van der Waals surface area contributed by atoms with Gasteiger partial charge in [0.25, 0.3) is 0 Å². The van der Waals surface area contributed by atoms with E-state index in [-0.39, 0.29) is 0 Å². The predicted molar refractivity (Wildman–Crippen MR) is 57.5 cm³/mol. The number of nitrogens with one attached hydrogen (secondary N) is 1. The number of aromatic nitrogens is 2. The molecule has 0 spiro atoms. The summed E-state index contributed by atoms with van der Waals surface area (Å²) in [6.45, 7) is 6.30. The van der Waals surface area contributed by atoms with E-state index in [1.54, 1.807) is 0 Å². The van der Waals surface area contributed by atoms with Gasteiger partial charge in [0.1, 0.15) is 10.5 Å². The van der Waals surface area contributed by atoms with Crippen LogP contribution in [0.3, 0.4) is 0 Å². The molecule has 0 aromatic carbocycles. The maximum Gasteiger partial charge on any atom is 0.132 e. The normalized spacial score (nSPS) is 10.4. The summed E-state index contributed by atoms with van der Waals surface area (Å²) in [5.41, 5.74) is 2.35. The van der Waals surface area contributed by atoms with E-state index in [9.17, 15) is 0 Å². The number of hydrogen-bond donors (Lipinski definition) is 1. The van der Waals surface area contributed by atoms with Crippen LogP contribution in [0.4, 0.5) is 0 Å². The van der Waals surface area contributed by atoms with E-state index in [4.69, 9.17) is 12.2 Å². The molecule has 3 heteroatoms. The van der Waals surface area contributed by atoms with Crippen molar-refractivity contribution in [1.82, 2.24) is 9.97 Å². The molecule has 0 saturated carbocycles. The van der Waals surface area contributed by atoms with Gasteiger partial charge in [0.15, 0.2) is 0 Å². The van der Waals surface area contributed by atoms with E-state index in [1.807, 2.05) is 6.92 Å². The van der Waals surface area contributed by atoms with Crippen molar-refractivity contribution in [3.05, 3.63) is 21.7 Å². The molecule has 1 aromatic heterocycles. The van der Waals surface area contributed by atoms with Gasteiger partial charge < -0.3 is 4.98 Å². The maximum absolute atomic E-state index is 5.18. The van der Waals surface area contributed by atoms with Gasteiger partial charge in [0.05, 0.1) is 0 Å². The molecule has 72 valence electrons. The monoisotopic (exact) mass is 196 g/mol. The lowest BCUT2D eigenvalue weighted by Gasteiger charge is -2.06. The Labute approximate surface area is 84.4 Å². The van der Waals surface area contributed by atoms with Gasteiger partial charge in [-0.3, -0.25) is 0 Å². The van der Waals surface area contributed by atoms with E-state index >= 15 is 0 Å². The highest BCUT2D eigenvalue weighted by Crippen LogP contribution is 2.08. The molecule has 0 amide bonds. The molecule has 0 bridgehead atoms. The van der Waals surface area contributed by atoms with Gasteiger partial charge in [-0.1, -0.05) is 26.1 Å². The molecule has 0 unspecified atom stereocenters. The van der Waals surface area contributed by atoms with Crippen LogP contribution < -0.4 is 0 Å². The Kier molecular flexibility index (Phi) is 3.60. The van der Waals surface area contributed by atoms with Crippen molar-refractivity contribution in [3.63, 3.8) is 0 Å². The van der Waals surface area contributed by atoms with Crippen LogP contribution in [0, 0.1) is 11.6 Å². The van der Waals surface area contributed by atoms with E-state index < -0.39 is 0 Å². The summed E-state index contributed by atoms with van der Waals surface area (Å²) in [5, 5.41) is 0. The number of aryl methyl sites for hydroxylation is 2. The van der Waals surface area contributed by atoms with Crippen LogP contribution in [0.2, 0.25) is 0 Å². The third-order valence-corrected chi connectivity index (χ3v) is 2.54. The first-order valence-corrected chi connectivity index (χ1v) is 5.18. The number of H-pyrrole nitrogens is 1. The molecule has 1 heterocycles. The Morgan fingerprint density at radius 1 is 1.38 bits per heavy atom. The molecule has 13 heavy (non-hydrogen) atoms. The van der Waals surface area contributed by atoms with E-state index in [0.717, 1.165) is 35.3 Å². The molecule has 0 atom stereocenters. The summed E-state index contributed by atoms with van der Waals surface area (Å²) in [6.07, 6.45) is 3.08. The number of aromatic amines is 1. The number of hydrogen-bond acceptors (Lipinski definition) is 2. The molecule has 0 saturated heterocycles. The topological polar surface area (TPSA) is 28.7 Å². The van der Waals surface area contributed by atoms with Gasteiger partial charge in [0, 0.05) is 17.7 Å². The van der Waals surface area contributed by atoms with Gasteiger partial charge in [-0.15, -0.1) is 0 Å². The highest BCUT2D eigenvalue weighted by Gasteiger charge is 2.01. The van der Waals surface area contributed by atoms with E-state index in [0.29, 0.717) is 0 Å². The van der Waals surface area contributed by atoms with Crippen LogP contribution in [0.15, 0.2) is 0 Å². The van der Waals surface area contributed by atoms with Crippen molar-refractivity contribution >= 4 is 12.2 Å². The zero-order valence-corrected chi connectivity index (χ0v) is 9.29. The van der Waals surface area contributed by atoms with Crippen molar-refractivity contribution in [3.8, 4) is 0 Å². The maximum atomic E-state index is 5.18. The Morgan fingerprint density at radius 3 is 2.62 bits per heavy atom. The lowest BCUT2D eigenvalue weighted by atomic mass is 10.2. The Balaban J connectivity index is 3.14. The smallest absolute Gasteiger partial charge is 0.132 e. The van der Waals surface area contributed by atoms with Crippen LogP contribution in [0.5, 0.6) is 0 Å². The summed E-state index contributed by atoms with van der Waals surface area (Å²) in [7, 11) is 0. The van der Waals surface area contributed by atoms with Crippen molar-refractivity contribution in [2.45, 2.75) is 40.0 Å². The van der Waals surface area contributed by atoms with Gasteiger partial charge in [-0.05, 0) is 19.8 Å². The third kappa shape index (κ3) is 2.37. The molecule has 0 fully saturated rings. The fourth-order valence-corrected chi connectivity index (χ4v) is 1.57. The zero-order chi connectivity index (χ0) is 9.84. The number of nitrogens with zero attached hydrogens (tertiary/aromatic N) is 1. The molecular formula is C10H16N2S. The molecule has 1 rings (SSSR count). The number of rotatable bonds is 3. The summed E-state index contributed by atoms with van der Waals surface area (Å²) < 4.78 is 0.749. The Bertz CT molecular complexity index is 341. The standard InChI is InChI=1S/C10H16N2S/c1-4-6-9-11-8(5-2)7(3)10(13)12-9/h4-6H2,1-3H3,(H,11,12,13). The fourth-order valence-electron chi connectivity index (χ4n) is 1.34. The average Bonchev–Trinajstić information content (AvgIpc) is 2.11. The van der Waals surface area contributed by atoms with Gasteiger partial charge in [-0.2, -0.15) is 0 Å². The first-order chi connectivity index (χ1) is 6.19. The first-order valence-electron chi connectivity index (χ1n) is 4.77. The summed E-state index contributed by atoms with van der Waals surface area (Å²) in [4.78, 5) is 7.66. The largest absolute Gasteiger partial charge is 0.347 e. The van der Waals surface area contributed by atoms with Crippen LogP contribution in [-0.2, 0) is 12.8 Å². The van der Waals surface area contributed by atoms with Gasteiger partial charge in [0.2, 0.25) is 0 Å². The minimum absolute atomic E-state index is 0.749. The van der Waals surface area contributed by atoms with Crippen LogP contribution in [-0.4, -0.2) is 9.97 Å². The molecular weight excluding hydrogens is 180 g/mol. The van der Waals surface area contributed by atoms with Crippen molar-refractivity contribution in [2.24, 2.45) is 0 Å². The molecule has 2 nitrogen and oxygen atoms in total. The zero-order valence-electron chi connectivity index (χ0n) is 8.48. The lowest BCUT2D eigenvalue weighted by Crippen LogP contribution is -2.02. The second kappa shape index (κ2) is 4.51.